The smallest absolute Gasteiger partial charge is 0.242 e. The van der Waals surface area contributed by atoms with Crippen LogP contribution in [-0.2, 0) is 0 Å². The van der Waals surface area contributed by atoms with Crippen LogP contribution in [0.5, 0.6) is 11.6 Å². The predicted octanol–water partition coefficient (Wildman–Crippen LogP) is 3.04. The van der Waals surface area contributed by atoms with E-state index in [-0.39, 0.29) is 11.6 Å². The van der Waals surface area contributed by atoms with E-state index < -0.39 is 11.6 Å². The molecule has 0 aliphatic rings. The standard InChI is InChI=1S/C12H10F2N2O/c1-7-2-3-16-12(11(7)15)17-10-5-8(13)4-9(14)6-10/h2-6H,15H2,1H3. The number of aromatic nitrogens is 1. The quantitative estimate of drug-likeness (QED) is 0.871. The Labute approximate surface area is 96.9 Å². The number of nitrogens with zero attached hydrogens (tertiary/aromatic N) is 1. The second-order valence-electron chi connectivity index (χ2n) is 3.55. The van der Waals surface area contributed by atoms with Crippen LogP contribution in [-0.4, -0.2) is 4.98 Å². The highest BCUT2D eigenvalue weighted by atomic mass is 19.1. The normalized spacial score (nSPS) is 10.3. The molecule has 88 valence electrons. The van der Waals surface area contributed by atoms with Gasteiger partial charge in [-0.1, -0.05) is 0 Å². The Bertz CT molecular complexity index is 538. The average Bonchev–Trinajstić information content (AvgIpc) is 2.23. The molecule has 0 aliphatic heterocycles. The molecule has 0 spiro atoms. The molecule has 0 bridgehead atoms. The molecule has 0 unspecified atom stereocenters. The van der Waals surface area contributed by atoms with Crippen molar-refractivity contribution in [2.24, 2.45) is 0 Å². The number of rotatable bonds is 2. The molecule has 2 N–H and O–H groups in total. The minimum Gasteiger partial charge on any atom is -0.437 e. The fourth-order valence-electron chi connectivity index (χ4n) is 1.33. The number of nitrogens with two attached hydrogens (primary N) is 1. The van der Waals surface area contributed by atoms with Crippen molar-refractivity contribution in [3.8, 4) is 11.6 Å². The topological polar surface area (TPSA) is 48.1 Å². The second kappa shape index (κ2) is 4.37. The molecule has 1 heterocycles. The fraction of sp³-hybridized carbons (Fsp3) is 0.0833. The lowest BCUT2D eigenvalue weighted by Crippen LogP contribution is -1.97. The molecule has 5 heteroatoms. The average molecular weight is 236 g/mol. The van der Waals surface area contributed by atoms with Crippen LogP contribution in [0.25, 0.3) is 0 Å². The molecule has 3 nitrogen and oxygen atoms in total. The van der Waals surface area contributed by atoms with Gasteiger partial charge < -0.3 is 10.5 Å². The molecule has 0 saturated heterocycles. The van der Waals surface area contributed by atoms with Gasteiger partial charge in [0.05, 0.1) is 5.69 Å². The van der Waals surface area contributed by atoms with Crippen molar-refractivity contribution < 1.29 is 13.5 Å². The van der Waals surface area contributed by atoms with E-state index in [0.717, 1.165) is 23.8 Å². The zero-order valence-electron chi connectivity index (χ0n) is 9.08. The molecule has 2 aromatic rings. The number of benzene rings is 1. The van der Waals surface area contributed by atoms with E-state index in [1.54, 1.807) is 13.0 Å². The minimum atomic E-state index is -0.716. The summed E-state index contributed by atoms with van der Waals surface area (Å²) in [4.78, 5) is 3.90. The van der Waals surface area contributed by atoms with Gasteiger partial charge in [0.2, 0.25) is 5.88 Å². The van der Waals surface area contributed by atoms with Gasteiger partial charge in [-0.2, -0.15) is 0 Å². The highest BCUT2D eigenvalue weighted by Crippen LogP contribution is 2.27. The van der Waals surface area contributed by atoms with Crippen molar-refractivity contribution in [3.05, 3.63) is 47.7 Å². The first kappa shape index (κ1) is 11.3. The van der Waals surface area contributed by atoms with Crippen LogP contribution in [0.15, 0.2) is 30.5 Å². The number of halogens is 2. The Morgan fingerprint density at radius 1 is 1.18 bits per heavy atom. The maximum Gasteiger partial charge on any atom is 0.242 e. The molecule has 1 aromatic heterocycles. The van der Waals surface area contributed by atoms with E-state index in [0.29, 0.717) is 5.69 Å². The van der Waals surface area contributed by atoms with Gasteiger partial charge in [0.1, 0.15) is 17.4 Å². The van der Waals surface area contributed by atoms with Gasteiger partial charge in [-0.05, 0) is 18.6 Å². The predicted molar refractivity (Wildman–Crippen MR) is 59.8 cm³/mol. The first-order valence-electron chi connectivity index (χ1n) is 4.91. The maximum absolute atomic E-state index is 12.9. The van der Waals surface area contributed by atoms with Gasteiger partial charge >= 0.3 is 0 Å². The van der Waals surface area contributed by atoms with Crippen molar-refractivity contribution >= 4 is 5.69 Å². The van der Waals surface area contributed by atoms with Crippen LogP contribution in [0.4, 0.5) is 14.5 Å². The van der Waals surface area contributed by atoms with Crippen LogP contribution in [0.1, 0.15) is 5.56 Å². The first-order chi connectivity index (χ1) is 8.06. The molecule has 0 aliphatic carbocycles. The van der Waals surface area contributed by atoms with E-state index in [9.17, 15) is 8.78 Å². The summed E-state index contributed by atoms with van der Waals surface area (Å²) < 4.78 is 31.1. The summed E-state index contributed by atoms with van der Waals surface area (Å²) in [6.07, 6.45) is 1.51. The van der Waals surface area contributed by atoms with Gasteiger partial charge in [-0.25, -0.2) is 13.8 Å². The van der Waals surface area contributed by atoms with Crippen LogP contribution in [0.3, 0.4) is 0 Å². The van der Waals surface area contributed by atoms with Gasteiger partial charge in [-0.3, -0.25) is 0 Å². The Balaban J connectivity index is 2.34. The van der Waals surface area contributed by atoms with E-state index in [1.165, 1.54) is 6.20 Å². The van der Waals surface area contributed by atoms with Gasteiger partial charge in [-0.15, -0.1) is 0 Å². The van der Waals surface area contributed by atoms with E-state index in [2.05, 4.69) is 4.98 Å². The van der Waals surface area contributed by atoms with Gasteiger partial charge in [0.25, 0.3) is 0 Å². The van der Waals surface area contributed by atoms with Crippen LogP contribution in [0, 0.1) is 18.6 Å². The molecule has 0 amide bonds. The van der Waals surface area contributed by atoms with Crippen LogP contribution >= 0.6 is 0 Å². The molecule has 17 heavy (non-hydrogen) atoms. The molecule has 2 rings (SSSR count). The van der Waals surface area contributed by atoms with Crippen molar-refractivity contribution in [2.45, 2.75) is 6.92 Å². The Morgan fingerprint density at radius 3 is 2.47 bits per heavy atom. The van der Waals surface area contributed by atoms with E-state index in [4.69, 9.17) is 10.5 Å². The number of nitrogen functional groups attached to an aromatic ring is 1. The molecule has 0 atom stereocenters. The third-order valence-electron chi connectivity index (χ3n) is 2.22. The zero-order chi connectivity index (χ0) is 12.4. The van der Waals surface area contributed by atoms with Gasteiger partial charge in [0.15, 0.2) is 0 Å². The van der Waals surface area contributed by atoms with E-state index >= 15 is 0 Å². The summed E-state index contributed by atoms with van der Waals surface area (Å²) >= 11 is 0. The number of hydrogen-bond donors (Lipinski definition) is 1. The van der Waals surface area contributed by atoms with Crippen molar-refractivity contribution in [3.63, 3.8) is 0 Å². The van der Waals surface area contributed by atoms with E-state index in [1.807, 2.05) is 0 Å². The lowest BCUT2D eigenvalue weighted by molar-refractivity contribution is 0.453. The second-order valence-corrected chi connectivity index (χ2v) is 3.55. The van der Waals surface area contributed by atoms with Crippen LogP contribution in [0.2, 0.25) is 0 Å². The SMILES string of the molecule is Cc1ccnc(Oc2cc(F)cc(F)c2)c1N. The molecular formula is C12H10F2N2O. The summed E-state index contributed by atoms with van der Waals surface area (Å²) in [5, 5.41) is 0. The molecule has 0 saturated carbocycles. The minimum absolute atomic E-state index is 0.0206. The molecular weight excluding hydrogens is 226 g/mol. The number of hydrogen-bond acceptors (Lipinski definition) is 3. The number of ether oxygens (including phenoxy) is 1. The van der Waals surface area contributed by atoms with Crippen molar-refractivity contribution in [2.75, 3.05) is 5.73 Å². The Kier molecular flexibility index (Phi) is 2.91. The fourth-order valence-corrected chi connectivity index (χ4v) is 1.33. The lowest BCUT2D eigenvalue weighted by atomic mass is 10.2. The zero-order valence-corrected chi connectivity index (χ0v) is 9.08. The highest BCUT2D eigenvalue weighted by Gasteiger charge is 2.08. The number of anilines is 1. The van der Waals surface area contributed by atoms with Crippen molar-refractivity contribution in [1.82, 2.24) is 4.98 Å². The first-order valence-corrected chi connectivity index (χ1v) is 4.91. The Hall–Kier alpha value is -2.17. The molecule has 1 aromatic carbocycles. The third kappa shape index (κ3) is 2.50. The maximum atomic E-state index is 12.9. The highest BCUT2D eigenvalue weighted by molar-refractivity contribution is 5.54. The third-order valence-corrected chi connectivity index (χ3v) is 2.22. The van der Waals surface area contributed by atoms with Gasteiger partial charge in [0, 0.05) is 24.4 Å². The summed E-state index contributed by atoms with van der Waals surface area (Å²) in [5.41, 5.74) is 6.86. The summed E-state index contributed by atoms with van der Waals surface area (Å²) in [5.74, 6) is -1.28. The lowest BCUT2D eigenvalue weighted by Gasteiger charge is -2.08. The monoisotopic (exact) mass is 236 g/mol. The summed E-state index contributed by atoms with van der Waals surface area (Å²) in [6, 6.07) is 4.60. The number of aryl methyl sites for hydroxylation is 1. The molecule has 0 radical (unpaired) electrons. The largest absolute Gasteiger partial charge is 0.437 e. The van der Waals surface area contributed by atoms with Crippen LogP contribution < -0.4 is 10.5 Å². The summed E-state index contributed by atoms with van der Waals surface area (Å²) in [6.45, 7) is 1.79. The van der Waals surface area contributed by atoms with Crippen molar-refractivity contribution in [1.29, 1.82) is 0 Å². The Morgan fingerprint density at radius 2 is 1.82 bits per heavy atom. The summed E-state index contributed by atoms with van der Waals surface area (Å²) in [7, 11) is 0. The molecule has 0 fully saturated rings. The number of pyridine rings is 1.